The molecule has 2 atom stereocenters. The van der Waals surface area contributed by atoms with Crippen LogP contribution in [0, 0.1) is 6.92 Å². The van der Waals surface area contributed by atoms with Crippen molar-refractivity contribution in [2.24, 2.45) is 0 Å². The minimum Gasteiger partial charge on any atom is -0.319 e. The van der Waals surface area contributed by atoms with Crippen LogP contribution in [0.25, 0.3) is 0 Å². The number of halogens is 3. The normalized spacial score (nSPS) is 18.5. The molecule has 0 fully saturated rings. The first-order valence-corrected chi connectivity index (χ1v) is 9.68. The number of ketones is 1. The van der Waals surface area contributed by atoms with Crippen molar-refractivity contribution in [1.82, 2.24) is 14.8 Å². The lowest BCUT2D eigenvalue weighted by molar-refractivity contribution is -0.137. The van der Waals surface area contributed by atoms with Crippen molar-refractivity contribution in [1.29, 1.82) is 0 Å². The highest BCUT2D eigenvalue weighted by Gasteiger charge is 2.37. The summed E-state index contributed by atoms with van der Waals surface area (Å²) in [5, 5.41) is 6.95. The number of aromatic nitrogens is 3. The number of nitrogens with zero attached hydrogens (tertiary/aromatic N) is 3. The summed E-state index contributed by atoms with van der Waals surface area (Å²) < 4.78 is 40.2. The van der Waals surface area contributed by atoms with Gasteiger partial charge in [-0.2, -0.15) is 18.3 Å². The number of rotatable bonds is 3. The van der Waals surface area contributed by atoms with Crippen molar-refractivity contribution in [3.05, 3.63) is 76.9 Å². The number of alkyl halides is 3. The fourth-order valence-corrected chi connectivity index (χ4v) is 3.74. The van der Waals surface area contributed by atoms with Crippen LogP contribution in [0.3, 0.4) is 0 Å². The fraction of sp³-hybridized carbons (Fsp3) is 0.273. The van der Waals surface area contributed by atoms with Crippen LogP contribution in [0.4, 0.5) is 18.9 Å². The number of fused-ring (bicyclic) bond motifs is 1. The van der Waals surface area contributed by atoms with Crippen LogP contribution in [-0.2, 0) is 6.18 Å². The minimum absolute atomic E-state index is 0.174. The van der Waals surface area contributed by atoms with Gasteiger partial charge >= 0.3 is 6.18 Å². The monoisotopic (exact) mass is 428 g/mol. The molecular formula is C22H19F3N4O2. The number of Topliss-reactive ketones (excluding diaryl/α,β-unsaturated/α-hetero) is 1. The lowest BCUT2D eigenvalue weighted by atomic mass is 9.84. The van der Waals surface area contributed by atoms with Gasteiger partial charge < -0.3 is 5.32 Å². The van der Waals surface area contributed by atoms with E-state index in [1.54, 1.807) is 23.7 Å². The highest BCUT2D eigenvalue weighted by molar-refractivity contribution is 6.10. The van der Waals surface area contributed by atoms with Crippen molar-refractivity contribution >= 4 is 17.4 Å². The lowest BCUT2D eigenvalue weighted by Gasteiger charge is -2.28. The molecule has 3 aromatic rings. The maximum absolute atomic E-state index is 13.2. The molecule has 1 unspecified atom stereocenters. The molecule has 4 rings (SSSR count). The lowest BCUT2D eigenvalue weighted by Crippen LogP contribution is -2.29. The first kappa shape index (κ1) is 20.8. The van der Waals surface area contributed by atoms with Crippen molar-refractivity contribution < 1.29 is 22.8 Å². The van der Waals surface area contributed by atoms with Gasteiger partial charge in [-0.05, 0) is 50.1 Å². The van der Waals surface area contributed by atoms with E-state index in [4.69, 9.17) is 0 Å². The molecule has 9 heteroatoms. The number of aryl methyl sites for hydroxylation is 1. The highest BCUT2D eigenvalue weighted by atomic mass is 19.4. The van der Waals surface area contributed by atoms with Gasteiger partial charge in [-0.1, -0.05) is 12.1 Å². The third-order valence-corrected chi connectivity index (χ3v) is 5.40. The van der Waals surface area contributed by atoms with Crippen molar-refractivity contribution in [2.45, 2.75) is 38.4 Å². The van der Waals surface area contributed by atoms with Crippen LogP contribution in [0.15, 0.2) is 48.8 Å². The van der Waals surface area contributed by atoms with Crippen LogP contribution < -0.4 is 5.32 Å². The molecule has 1 aliphatic heterocycles. The van der Waals surface area contributed by atoms with E-state index in [2.05, 4.69) is 15.4 Å². The topological polar surface area (TPSA) is 76.9 Å². The van der Waals surface area contributed by atoms with E-state index in [9.17, 15) is 22.8 Å². The first-order valence-electron chi connectivity index (χ1n) is 9.68. The zero-order valence-electron chi connectivity index (χ0n) is 16.8. The maximum Gasteiger partial charge on any atom is 0.416 e. The summed E-state index contributed by atoms with van der Waals surface area (Å²) in [6.07, 6.45) is -1.19. The molecule has 2 aromatic heterocycles. The Hall–Kier alpha value is -3.49. The van der Waals surface area contributed by atoms with E-state index in [1.165, 1.54) is 24.5 Å². The number of anilines is 1. The zero-order valence-corrected chi connectivity index (χ0v) is 16.8. The SMILES string of the molecule is Cc1ccc(C(=O)Nc2cnn3c2C(=O)C(c2ccc(C(F)(F)F)cc2)C[C@@H]3C)cn1. The number of carbonyl (C=O) groups is 2. The minimum atomic E-state index is -4.44. The Balaban J connectivity index is 1.62. The number of pyridine rings is 1. The molecule has 1 aliphatic rings. The summed E-state index contributed by atoms with van der Waals surface area (Å²) in [5.74, 6) is -1.36. The standard InChI is InChI=1S/C22H19F3N4O2/c1-12-3-4-15(10-26-12)21(31)28-18-11-27-29-13(2)9-17(20(30)19(18)29)14-5-7-16(8-6-14)22(23,24)25/h3-8,10-11,13,17H,9H2,1-2H3,(H,28,31)/t13-,17?/m0/s1. The van der Waals surface area contributed by atoms with E-state index in [0.717, 1.165) is 17.8 Å². The Morgan fingerprint density at radius 1 is 1.13 bits per heavy atom. The molecule has 0 bridgehead atoms. The smallest absolute Gasteiger partial charge is 0.319 e. The molecular weight excluding hydrogens is 409 g/mol. The second kappa shape index (κ2) is 7.64. The van der Waals surface area contributed by atoms with E-state index in [1.807, 2.05) is 6.92 Å². The molecule has 0 radical (unpaired) electrons. The summed E-state index contributed by atoms with van der Waals surface area (Å²) in [6.45, 7) is 3.67. The van der Waals surface area contributed by atoms with Gasteiger partial charge in [0.2, 0.25) is 0 Å². The average Bonchev–Trinajstić information content (AvgIpc) is 3.15. The molecule has 0 aliphatic carbocycles. The second-order valence-corrected chi connectivity index (χ2v) is 7.62. The molecule has 1 aromatic carbocycles. The first-order chi connectivity index (χ1) is 14.6. The van der Waals surface area contributed by atoms with E-state index in [0.29, 0.717) is 17.5 Å². The maximum atomic E-state index is 13.2. The largest absolute Gasteiger partial charge is 0.416 e. The van der Waals surface area contributed by atoms with Gasteiger partial charge in [-0.3, -0.25) is 19.3 Å². The van der Waals surface area contributed by atoms with Gasteiger partial charge in [0.1, 0.15) is 5.69 Å². The number of hydrogen-bond acceptors (Lipinski definition) is 4. The van der Waals surface area contributed by atoms with Crippen molar-refractivity contribution in [2.75, 3.05) is 5.32 Å². The predicted octanol–water partition coefficient (Wildman–Crippen LogP) is 4.79. The second-order valence-electron chi connectivity index (χ2n) is 7.62. The molecule has 3 heterocycles. The van der Waals surface area contributed by atoms with Crippen LogP contribution in [0.5, 0.6) is 0 Å². The Kier molecular flexibility index (Phi) is 5.12. The van der Waals surface area contributed by atoms with Crippen LogP contribution >= 0.6 is 0 Å². The van der Waals surface area contributed by atoms with E-state index >= 15 is 0 Å². The number of benzene rings is 1. The Labute approximate surface area is 176 Å². The third-order valence-electron chi connectivity index (χ3n) is 5.40. The summed E-state index contributed by atoms with van der Waals surface area (Å²) >= 11 is 0. The van der Waals surface area contributed by atoms with Gasteiger partial charge in [0, 0.05) is 11.9 Å². The fourth-order valence-electron chi connectivity index (χ4n) is 3.74. The van der Waals surface area contributed by atoms with Gasteiger partial charge in [-0.25, -0.2) is 0 Å². The van der Waals surface area contributed by atoms with Crippen LogP contribution in [-0.4, -0.2) is 26.5 Å². The van der Waals surface area contributed by atoms with Crippen molar-refractivity contribution in [3.8, 4) is 0 Å². The number of nitrogens with one attached hydrogen (secondary N) is 1. The third kappa shape index (κ3) is 3.95. The number of carbonyl (C=O) groups excluding carboxylic acids is 2. The summed E-state index contributed by atoms with van der Waals surface area (Å²) in [7, 11) is 0. The van der Waals surface area contributed by atoms with Crippen LogP contribution in [0.2, 0.25) is 0 Å². The molecule has 0 saturated heterocycles. The number of hydrogen-bond donors (Lipinski definition) is 1. The Bertz CT molecular complexity index is 1140. The molecule has 1 amide bonds. The average molecular weight is 428 g/mol. The molecule has 160 valence electrons. The van der Waals surface area contributed by atoms with Gasteiger partial charge in [0.25, 0.3) is 5.91 Å². The van der Waals surface area contributed by atoms with Gasteiger partial charge in [-0.15, -0.1) is 0 Å². The summed E-state index contributed by atoms with van der Waals surface area (Å²) in [4.78, 5) is 29.9. The Morgan fingerprint density at radius 3 is 2.45 bits per heavy atom. The zero-order chi connectivity index (χ0) is 22.3. The molecule has 0 saturated carbocycles. The van der Waals surface area contributed by atoms with Gasteiger partial charge in [0.15, 0.2) is 5.78 Å². The quantitative estimate of drug-likeness (QED) is 0.651. The Morgan fingerprint density at radius 2 is 1.84 bits per heavy atom. The van der Waals surface area contributed by atoms with Crippen LogP contribution in [0.1, 0.15) is 63.0 Å². The summed E-state index contributed by atoms with van der Waals surface area (Å²) in [6, 6.07) is 7.78. The van der Waals surface area contributed by atoms with E-state index in [-0.39, 0.29) is 23.2 Å². The molecule has 0 spiro atoms. The summed E-state index contributed by atoms with van der Waals surface area (Å²) in [5.41, 5.74) is 1.33. The van der Waals surface area contributed by atoms with E-state index < -0.39 is 23.6 Å². The predicted molar refractivity (Wildman–Crippen MR) is 107 cm³/mol. The molecule has 1 N–H and O–H groups in total. The van der Waals surface area contributed by atoms with Crippen molar-refractivity contribution in [3.63, 3.8) is 0 Å². The molecule has 6 nitrogen and oxygen atoms in total. The molecule has 31 heavy (non-hydrogen) atoms. The highest BCUT2D eigenvalue weighted by Crippen LogP contribution is 2.39. The number of amides is 1. The van der Waals surface area contributed by atoms with Gasteiger partial charge in [0.05, 0.1) is 35.0 Å².